The largest absolute Gasteiger partial charge is 0.491 e. The minimum absolute atomic E-state index is 0.511. The van der Waals surface area contributed by atoms with Crippen LogP contribution in [0.25, 0.3) is 6.08 Å². The molecule has 1 fully saturated rings. The van der Waals surface area contributed by atoms with Crippen molar-refractivity contribution in [3.05, 3.63) is 54.0 Å². The third-order valence-corrected chi connectivity index (χ3v) is 4.42. The molecule has 0 aliphatic carbocycles. The van der Waals surface area contributed by atoms with Gasteiger partial charge in [0.1, 0.15) is 18.2 Å². The van der Waals surface area contributed by atoms with Gasteiger partial charge in [-0.2, -0.15) is 0 Å². The van der Waals surface area contributed by atoms with Gasteiger partial charge in [0.05, 0.1) is 24.6 Å². The van der Waals surface area contributed by atoms with Crippen LogP contribution in [-0.4, -0.2) is 52.2 Å². The minimum Gasteiger partial charge on any atom is -0.491 e. The first-order valence-corrected chi connectivity index (χ1v) is 9.36. The first kappa shape index (κ1) is 19.8. The number of aromatic nitrogens is 2. The number of nitrogens with zero attached hydrogens (tertiary/aromatic N) is 3. The lowest BCUT2D eigenvalue weighted by Crippen LogP contribution is -2.19. The molecule has 28 heavy (non-hydrogen) atoms. The van der Waals surface area contributed by atoms with Crippen LogP contribution in [0.4, 0.5) is 5.82 Å². The number of hydrogen-bond donors (Lipinski definition) is 3. The smallest absolute Gasteiger partial charge is 0.267 e. The van der Waals surface area contributed by atoms with Crippen molar-refractivity contribution in [1.29, 1.82) is 0 Å². The predicted molar refractivity (Wildman–Crippen MR) is 106 cm³/mol. The molecule has 1 aliphatic rings. The number of amides is 1. The second-order valence-electron chi connectivity index (χ2n) is 6.50. The van der Waals surface area contributed by atoms with E-state index in [1.165, 1.54) is 42.2 Å². The number of hydroxylamine groups is 1. The molecular weight excluding hydrogens is 358 g/mol. The molecule has 2 aromatic rings. The molecule has 2 heterocycles. The Kier molecular flexibility index (Phi) is 7.34. The maximum Gasteiger partial charge on any atom is 0.267 e. The molecule has 8 heteroatoms. The average molecular weight is 383 g/mol. The number of nitrogens with one attached hydrogen (secondary N) is 2. The average Bonchev–Trinajstić information content (AvgIpc) is 3.24. The lowest BCUT2D eigenvalue weighted by Gasteiger charge is -2.17. The number of hydrogen-bond acceptors (Lipinski definition) is 7. The van der Waals surface area contributed by atoms with Crippen LogP contribution in [0.3, 0.4) is 0 Å². The van der Waals surface area contributed by atoms with E-state index in [0.29, 0.717) is 24.7 Å². The number of carbonyl (C=O) groups is 1. The summed E-state index contributed by atoms with van der Waals surface area (Å²) in [6.07, 6.45) is 8.30. The Morgan fingerprint density at radius 1 is 1.21 bits per heavy atom. The zero-order valence-corrected chi connectivity index (χ0v) is 15.7. The van der Waals surface area contributed by atoms with Crippen LogP contribution in [-0.2, 0) is 11.3 Å². The van der Waals surface area contributed by atoms with Gasteiger partial charge in [-0.05, 0) is 38.1 Å². The van der Waals surface area contributed by atoms with Crippen LogP contribution in [0.2, 0.25) is 0 Å². The lowest BCUT2D eigenvalue weighted by atomic mass is 10.2. The second kappa shape index (κ2) is 10.4. The first-order valence-electron chi connectivity index (χ1n) is 9.36. The number of para-hydroxylation sites is 1. The highest BCUT2D eigenvalue weighted by atomic mass is 16.5. The van der Waals surface area contributed by atoms with Gasteiger partial charge in [0.25, 0.3) is 5.91 Å². The number of ether oxygens (including phenoxy) is 1. The van der Waals surface area contributed by atoms with Crippen LogP contribution in [0.5, 0.6) is 5.75 Å². The zero-order chi connectivity index (χ0) is 19.6. The molecule has 148 valence electrons. The van der Waals surface area contributed by atoms with Crippen LogP contribution >= 0.6 is 0 Å². The summed E-state index contributed by atoms with van der Waals surface area (Å²) in [5.74, 6) is 0.925. The van der Waals surface area contributed by atoms with Crippen molar-refractivity contribution in [2.75, 3.05) is 31.6 Å². The Morgan fingerprint density at radius 2 is 2.04 bits per heavy atom. The molecule has 3 N–H and O–H groups in total. The van der Waals surface area contributed by atoms with Crippen LogP contribution in [0.15, 0.2) is 42.7 Å². The van der Waals surface area contributed by atoms with Gasteiger partial charge in [0.15, 0.2) is 0 Å². The Bertz CT molecular complexity index is 789. The summed E-state index contributed by atoms with van der Waals surface area (Å²) in [5.41, 5.74) is 3.25. The van der Waals surface area contributed by atoms with Crippen molar-refractivity contribution in [3.63, 3.8) is 0 Å². The minimum atomic E-state index is -0.619. The molecule has 1 aromatic heterocycles. The van der Waals surface area contributed by atoms with Crippen LogP contribution in [0.1, 0.15) is 24.1 Å². The van der Waals surface area contributed by atoms with E-state index in [0.717, 1.165) is 25.4 Å². The van der Waals surface area contributed by atoms with Gasteiger partial charge in [0.2, 0.25) is 0 Å². The Labute approximate surface area is 164 Å². The Morgan fingerprint density at radius 3 is 2.79 bits per heavy atom. The van der Waals surface area contributed by atoms with E-state index < -0.39 is 5.91 Å². The summed E-state index contributed by atoms with van der Waals surface area (Å²) >= 11 is 0. The monoisotopic (exact) mass is 383 g/mol. The molecule has 3 rings (SSSR count). The van der Waals surface area contributed by atoms with Gasteiger partial charge in [-0.1, -0.05) is 18.2 Å². The van der Waals surface area contributed by atoms with Crippen molar-refractivity contribution < 1.29 is 14.7 Å². The molecule has 0 unspecified atom stereocenters. The Balaban J connectivity index is 1.44. The van der Waals surface area contributed by atoms with E-state index in [9.17, 15) is 4.79 Å². The molecule has 0 spiro atoms. The van der Waals surface area contributed by atoms with E-state index >= 15 is 0 Å². The highest BCUT2D eigenvalue weighted by Crippen LogP contribution is 2.21. The summed E-state index contributed by atoms with van der Waals surface area (Å²) in [4.78, 5) is 21.8. The summed E-state index contributed by atoms with van der Waals surface area (Å²) < 4.78 is 5.95. The molecule has 0 saturated carbocycles. The maximum absolute atomic E-state index is 10.9. The van der Waals surface area contributed by atoms with E-state index in [4.69, 9.17) is 9.94 Å². The van der Waals surface area contributed by atoms with Gasteiger partial charge in [-0.15, -0.1) is 0 Å². The maximum atomic E-state index is 10.9. The van der Waals surface area contributed by atoms with Gasteiger partial charge < -0.3 is 10.1 Å². The van der Waals surface area contributed by atoms with E-state index in [1.807, 2.05) is 18.2 Å². The van der Waals surface area contributed by atoms with Gasteiger partial charge in [0, 0.05) is 18.2 Å². The molecule has 8 nitrogen and oxygen atoms in total. The fraction of sp³-hybridized carbons (Fsp3) is 0.350. The summed E-state index contributed by atoms with van der Waals surface area (Å²) in [5, 5.41) is 11.6. The van der Waals surface area contributed by atoms with E-state index in [-0.39, 0.29) is 0 Å². The van der Waals surface area contributed by atoms with Crippen LogP contribution in [0, 0.1) is 0 Å². The number of carbonyl (C=O) groups excluding carboxylic acids is 1. The molecule has 0 radical (unpaired) electrons. The quantitative estimate of drug-likeness (QED) is 0.264. The summed E-state index contributed by atoms with van der Waals surface area (Å²) in [6.45, 7) is 4.35. The molecule has 0 atom stereocenters. The predicted octanol–water partition coefficient (Wildman–Crippen LogP) is 2.08. The Hall–Kier alpha value is -2.97. The van der Waals surface area contributed by atoms with E-state index in [2.05, 4.69) is 26.3 Å². The van der Waals surface area contributed by atoms with Gasteiger partial charge >= 0.3 is 0 Å². The molecule has 1 aliphatic heterocycles. The van der Waals surface area contributed by atoms with Crippen molar-refractivity contribution in [2.24, 2.45) is 0 Å². The topological polar surface area (TPSA) is 99.6 Å². The zero-order valence-electron chi connectivity index (χ0n) is 15.7. The molecule has 1 amide bonds. The highest BCUT2D eigenvalue weighted by Gasteiger charge is 2.13. The number of rotatable bonds is 9. The number of likely N-dealkylation sites (tertiary alicyclic amines) is 1. The molecule has 1 saturated heterocycles. The molecular formula is C20H25N5O3. The lowest BCUT2D eigenvalue weighted by molar-refractivity contribution is -0.124. The fourth-order valence-electron chi connectivity index (χ4n) is 3.01. The molecule has 0 bridgehead atoms. The summed E-state index contributed by atoms with van der Waals surface area (Å²) in [7, 11) is 0. The summed E-state index contributed by atoms with van der Waals surface area (Å²) in [6, 6.07) is 8.17. The van der Waals surface area contributed by atoms with Crippen molar-refractivity contribution >= 4 is 17.8 Å². The van der Waals surface area contributed by atoms with Crippen molar-refractivity contribution in [1.82, 2.24) is 20.3 Å². The van der Waals surface area contributed by atoms with Gasteiger partial charge in [-0.3, -0.25) is 19.9 Å². The molecule has 1 aromatic carbocycles. The first-order chi connectivity index (χ1) is 13.7. The standard InChI is InChI=1S/C20H25N5O3/c26-20(24-27)8-7-17-13-23-19(14-22-17)21-9-12-28-18-6-2-1-5-16(18)15-25-10-3-4-11-25/h1-2,5-8,13-14,27H,3-4,9-12,15H2,(H,21,23)(H,24,26)/b8-7+. The van der Waals surface area contributed by atoms with Crippen LogP contribution < -0.4 is 15.5 Å². The van der Waals surface area contributed by atoms with Gasteiger partial charge in [-0.25, -0.2) is 10.5 Å². The SMILES string of the molecule is O=C(/C=C/c1cnc(NCCOc2ccccc2CN2CCCC2)cn1)NO. The number of anilines is 1. The third-order valence-electron chi connectivity index (χ3n) is 4.42. The van der Waals surface area contributed by atoms with E-state index in [1.54, 1.807) is 6.20 Å². The second-order valence-corrected chi connectivity index (χ2v) is 6.50. The fourth-order valence-corrected chi connectivity index (χ4v) is 3.01. The highest BCUT2D eigenvalue weighted by molar-refractivity contribution is 5.90. The van der Waals surface area contributed by atoms with Crippen molar-refractivity contribution in [3.8, 4) is 5.75 Å². The number of benzene rings is 1. The normalized spacial score (nSPS) is 14.3. The third kappa shape index (κ3) is 6.04. The van der Waals surface area contributed by atoms with Crippen molar-refractivity contribution in [2.45, 2.75) is 19.4 Å².